The second-order valence-electron chi connectivity index (χ2n) is 3.44. The fraction of sp³-hybridized carbons (Fsp3) is 0.400. The van der Waals surface area contributed by atoms with Gasteiger partial charge in [-0.25, -0.2) is 9.67 Å². The average Bonchev–Trinajstić information content (AvgIpc) is 2.97. The molecule has 1 aromatic rings. The molecule has 0 unspecified atom stereocenters. The molecule has 1 aliphatic heterocycles. The summed E-state index contributed by atoms with van der Waals surface area (Å²) in [6.07, 6.45) is 4.12. The molecule has 14 heavy (non-hydrogen) atoms. The van der Waals surface area contributed by atoms with Gasteiger partial charge in [0.2, 0.25) is 11.6 Å². The Morgan fingerprint density at radius 1 is 1.57 bits per heavy atom. The van der Waals surface area contributed by atoms with Gasteiger partial charge in [-0.3, -0.25) is 0 Å². The van der Waals surface area contributed by atoms with E-state index in [2.05, 4.69) is 21.5 Å². The van der Waals surface area contributed by atoms with Crippen molar-refractivity contribution in [3.63, 3.8) is 0 Å². The Bertz CT molecular complexity index is 483. The molecule has 4 nitrogen and oxygen atoms in total. The lowest BCUT2D eigenvalue weighted by Gasteiger charge is -2.02. The maximum atomic E-state index is 5.13. The van der Waals surface area contributed by atoms with E-state index in [9.17, 15) is 0 Å². The Hall–Kier alpha value is -1.76. The Labute approximate surface area is 81.2 Å². The molecule has 3 rings (SSSR count). The highest BCUT2D eigenvalue weighted by Crippen LogP contribution is 2.38. The minimum Gasteiger partial charge on any atom is -0.486 e. The van der Waals surface area contributed by atoms with Gasteiger partial charge in [0.1, 0.15) is 0 Å². The van der Waals surface area contributed by atoms with Crippen LogP contribution in [0.4, 0.5) is 0 Å². The third kappa shape index (κ3) is 1.02. The first-order valence-corrected chi connectivity index (χ1v) is 4.61. The van der Waals surface area contributed by atoms with E-state index in [0.29, 0.717) is 11.7 Å². The molecular weight excluding hydrogens is 178 g/mol. The van der Waals surface area contributed by atoms with Crippen molar-refractivity contribution in [3.05, 3.63) is 23.1 Å². The van der Waals surface area contributed by atoms with Crippen LogP contribution in [0, 0.1) is 0 Å². The second-order valence-corrected chi connectivity index (χ2v) is 3.44. The van der Waals surface area contributed by atoms with Crippen LogP contribution in [0.1, 0.15) is 30.4 Å². The van der Waals surface area contributed by atoms with E-state index in [0.717, 1.165) is 11.6 Å². The van der Waals surface area contributed by atoms with Crippen LogP contribution in [0.3, 0.4) is 0 Å². The normalized spacial score (nSPS) is 17.9. The number of hydrogen-bond donors (Lipinski definition) is 0. The van der Waals surface area contributed by atoms with Gasteiger partial charge in [-0.2, -0.15) is 5.10 Å². The van der Waals surface area contributed by atoms with Crippen LogP contribution >= 0.6 is 0 Å². The molecule has 1 aliphatic carbocycles. The van der Waals surface area contributed by atoms with Crippen LogP contribution in [0.2, 0.25) is 0 Å². The van der Waals surface area contributed by atoms with Gasteiger partial charge in [-0.15, -0.1) is 0 Å². The predicted octanol–water partition coefficient (Wildman–Crippen LogP) is 1.38. The standard InChI is InChI=1S/C10H9N3O/c1-14-8-3-2-6-13-10(8)11-9(12-13)7-4-5-7/h6-7H,4-5H2,1H3. The summed E-state index contributed by atoms with van der Waals surface area (Å²) >= 11 is 0. The number of aromatic nitrogens is 3. The Balaban J connectivity index is 2.10. The smallest absolute Gasteiger partial charge is 0.215 e. The van der Waals surface area contributed by atoms with Crippen LogP contribution in [0.15, 0.2) is 11.5 Å². The van der Waals surface area contributed by atoms with Crippen LogP contribution in [-0.4, -0.2) is 21.9 Å². The number of fused-ring (bicyclic) bond motifs is 1. The summed E-state index contributed by atoms with van der Waals surface area (Å²) in [6, 6.07) is 0. The van der Waals surface area contributed by atoms with Gasteiger partial charge in [0.15, 0.2) is 5.82 Å². The highest BCUT2D eigenvalue weighted by Gasteiger charge is 2.29. The van der Waals surface area contributed by atoms with Crippen LogP contribution in [-0.2, 0) is 4.74 Å². The SMILES string of the molecule is COC1=C=C=Cn2nc(C3CC3)nc21. The van der Waals surface area contributed by atoms with Gasteiger partial charge < -0.3 is 4.74 Å². The molecule has 1 fully saturated rings. The summed E-state index contributed by atoms with van der Waals surface area (Å²) in [5.74, 6) is 2.80. The van der Waals surface area contributed by atoms with Crippen molar-refractivity contribution in [1.82, 2.24) is 14.8 Å². The maximum absolute atomic E-state index is 5.13. The molecule has 70 valence electrons. The van der Waals surface area contributed by atoms with Gasteiger partial charge in [0, 0.05) is 5.92 Å². The van der Waals surface area contributed by atoms with E-state index in [-0.39, 0.29) is 0 Å². The maximum Gasteiger partial charge on any atom is 0.215 e. The molecule has 0 saturated heterocycles. The van der Waals surface area contributed by atoms with Crippen molar-refractivity contribution in [1.29, 1.82) is 0 Å². The van der Waals surface area contributed by atoms with Crippen molar-refractivity contribution in [2.24, 2.45) is 0 Å². The van der Waals surface area contributed by atoms with Gasteiger partial charge in [-0.1, -0.05) is 0 Å². The first kappa shape index (κ1) is 7.63. The molecule has 0 atom stereocenters. The van der Waals surface area contributed by atoms with Gasteiger partial charge in [-0.05, 0) is 24.3 Å². The van der Waals surface area contributed by atoms with Crippen molar-refractivity contribution >= 4 is 12.0 Å². The van der Waals surface area contributed by atoms with Gasteiger partial charge in [0.25, 0.3) is 0 Å². The van der Waals surface area contributed by atoms with Gasteiger partial charge >= 0.3 is 0 Å². The van der Waals surface area contributed by atoms with E-state index >= 15 is 0 Å². The fourth-order valence-electron chi connectivity index (χ4n) is 1.46. The molecule has 0 N–H and O–H groups in total. The summed E-state index contributed by atoms with van der Waals surface area (Å²) in [4.78, 5) is 4.42. The Morgan fingerprint density at radius 2 is 2.43 bits per heavy atom. The molecule has 0 amide bonds. The molecule has 0 radical (unpaired) electrons. The molecule has 0 bridgehead atoms. The minimum absolute atomic E-state index is 0.555. The van der Waals surface area contributed by atoms with E-state index in [4.69, 9.17) is 4.74 Å². The van der Waals surface area contributed by atoms with Crippen LogP contribution in [0.25, 0.3) is 12.0 Å². The third-order valence-corrected chi connectivity index (χ3v) is 2.37. The molecule has 1 aromatic heterocycles. The van der Waals surface area contributed by atoms with Crippen molar-refractivity contribution in [2.75, 3.05) is 7.11 Å². The van der Waals surface area contributed by atoms with Gasteiger partial charge in [0.05, 0.1) is 13.3 Å². The zero-order valence-electron chi connectivity index (χ0n) is 7.82. The third-order valence-electron chi connectivity index (χ3n) is 2.37. The van der Waals surface area contributed by atoms with E-state index in [1.54, 1.807) is 18.0 Å². The van der Waals surface area contributed by atoms with Crippen LogP contribution < -0.4 is 0 Å². The zero-order valence-corrected chi connectivity index (χ0v) is 7.82. The topological polar surface area (TPSA) is 39.9 Å². The van der Waals surface area contributed by atoms with Crippen molar-refractivity contribution in [3.8, 4) is 0 Å². The second kappa shape index (κ2) is 2.61. The molecule has 4 heteroatoms. The van der Waals surface area contributed by atoms with E-state index in [1.807, 2.05) is 0 Å². The zero-order chi connectivity index (χ0) is 9.54. The summed E-state index contributed by atoms with van der Waals surface area (Å²) in [7, 11) is 1.60. The largest absolute Gasteiger partial charge is 0.486 e. The minimum atomic E-state index is 0.555. The average molecular weight is 187 g/mol. The predicted molar refractivity (Wildman–Crippen MR) is 50.2 cm³/mol. The molecule has 2 heterocycles. The highest BCUT2D eigenvalue weighted by atomic mass is 16.5. The molecule has 2 aliphatic rings. The summed E-state index contributed by atoms with van der Waals surface area (Å²) in [5.41, 5.74) is 5.70. The number of methoxy groups -OCH3 is 1. The first-order chi connectivity index (χ1) is 6.88. The monoisotopic (exact) mass is 187 g/mol. The highest BCUT2D eigenvalue weighted by molar-refractivity contribution is 5.57. The number of nitrogens with zero attached hydrogens (tertiary/aromatic N) is 3. The van der Waals surface area contributed by atoms with Crippen LogP contribution in [0.5, 0.6) is 0 Å². The summed E-state index contributed by atoms with van der Waals surface area (Å²) in [6.45, 7) is 0. The Morgan fingerprint density at radius 3 is 3.14 bits per heavy atom. The lowest BCUT2D eigenvalue weighted by atomic mass is 10.4. The van der Waals surface area contributed by atoms with Crippen molar-refractivity contribution < 1.29 is 4.74 Å². The lowest BCUT2D eigenvalue weighted by molar-refractivity contribution is 0.365. The lowest BCUT2D eigenvalue weighted by Crippen LogP contribution is -1.99. The van der Waals surface area contributed by atoms with E-state index in [1.165, 1.54) is 12.8 Å². The fourth-order valence-corrected chi connectivity index (χ4v) is 1.46. The number of hydrogen-bond acceptors (Lipinski definition) is 3. The molecular formula is C10H9N3O. The summed E-state index contributed by atoms with van der Waals surface area (Å²) in [5, 5.41) is 4.36. The van der Waals surface area contributed by atoms with Crippen molar-refractivity contribution in [2.45, 2.75) is 18.8 Å². The quantitative estimate of drug-likeness (QED) is 0.657. The molecule has 0 aromatic carbocycles. The summed E-state index contributed by atoms with van der Waals surface area (Å²) < 4.78 is 6.83. The Kier molecular flexibility index (Phi) is 1.42. The van der Waals surface area contributed by atoms with E-state index < -0.39 is 0 Å². The first-order valence-electron chi connectivity index (χ1n) is 4.61. The molecule has 1 saturated carbocycles. The number of rotatable bonds is 2. The number of ether oxygens (including phenoxy) is 1. The molecule has 0 spiro atoms.